The Morgan fingerprint density at radius 2 is 2.12 bits per heavy atom. The van der Waals surface area contributed by atoms with Crippen LogP contribution in [0.4, 0.5) is 4.39 Å². The molecule has 0 saturated carbocycles. The lowest BCUT2D eigenvalue weighted by Crippen LogP contribution is -2.12. The Bertz CT molecular complexity index is 524. The molecule has 2 rings (SSSR count). The molecule has 17 heavy (non-hydrogen) atoms. The molecule has 0 aliphatic carbocycles. The first-order valence-corrected chi connectivity index (χ1v) is 5.39. The normalized spacial score (nSPS) is 12.7. The number of hydrogen-bond acceptors (Lipinski definition) is 4. The van der Waals surface area contributed by atoms with E-state index in [1.807, 2.05) is 13.8 Å². The number of benzene rings is 1. The Labute approximate surface area is 98.9 Å². The van der Waals surface area contributed by atoms with E-state index >= 15 is 0 Å². The molecular formula is C12H14FN3O. The lowest BCUT2D eigenvalue weighted by Gasteiger charge is -2.03. The molecular weight excluding hydrogens is 221 g/mol. The third kappa shape index (κ3) is 2.34. The SMILES string of the molecule is CNC(C)c1nnc(-c2cc(C)ccc2F)o1. The van der Waals surface area contributed by atoms with Crippen molar-refractivity contribution in [3.05, 3.63) is 35.5 Å². The number of aryl methyl sites for hydroxylation is 1. The predicted octanol–water partition coefficient (Wildman–Crippen LogP) is 2.46. The third-order valence-electron chi connectivity index (χ3n) is 2.60. The maximum Gasteiger partial charge on any atom is 0.250 e. The van der Waals surface area contributed by atoms with Crippen LogP contribution >= 0.6 is 0 Å². The summed E-state index contributed by atoms with van der Waals surface area (Å²) in [5.41, 5.74) is 1.29. The second-order valence-corrected chi connectivity index (χ2v) is 3.94. The van der Waals surface area contributed by atoms with Gasteiger partial charge in [-0.15, -0.1) is 10.2 Å². The van der Waals surface area contributed by atoms with Gasteiger partial charge in [-0.2, -0.15) is 0 Å². The maximum atomic E-state index is 13.6. The lowest BCUT2D eigenvalue weighted by molar-refractivity contribution is 0.439. The molecule has 0 saturated heterocycles. The highest BCUT2D eigenvalue weighted by atomic mass is 19.1. The van der Waals surface area contributed by atoms with E-state index in [1.54, 1.807) is 19.2 Å². The van der Waals surface area contributed by atoms with Crippen LogP contribution in [-0.4, -0.2) is 17.2 Å². The van der Waals surface area contributed by atoms with Crippen LogP contribution in [0, 0.1) is 12.7 Å². The minimum Gasteiger partial charge on any atom is -0.419 e. The van der Waals surface area contributed by atoms with Crippen LogP contribution in [0.1, 0.15) is 24.4 Å². The maximum absolute atomic E-state index is 13.6. The van der Waals surface area contributed by atoms with Crippen LogP contribution in [0.2, 0.25) is 0 Å². The van der Waals surface area contributed by atoms with E-state index in [0.717, 1.165) is 5.56 Å². The molecule has 1 atom stereocenters. The molecule has 0 amide bonds. The molecule has 4 nitrogen and oxygen atoms in total. The van der Waals surface area contributed by atoms with Crippen LogP contribution in [0.25, 0.3) is 11.5 Å². The van der Waals surface area contributed by atoms with Crippen molar-refractivity contribution < 1.29 is 8.81 Å². The average molecular weight is 235 g/mol. The summed E-state index contributed by atoms with van der Waals surface area (Å²) < 4.78 is 19.0. The van der Waals surface area contributed by atoms with Crippen molar-refractivity contribution in [2.24, 2.45) is 0 Å². The number of rotatable bonds is 3. The van der Waals surface area contributed by atoms with Gasteiger partial charge < -0.3 is 9.73 Å². The summed E-state index contributed by atoms with van der Waals surface area (Å²) >= 11 is 0. The summed E-state index contributed by atoms with van der Waals surface area (Å²) in [4.78, 5) is 0. The summed E-state index contributed by atoms with van der Waals surface area (Å²) in [6, 6.07) is 4.74. The highest BCUT2D eigenvalue weighted by Gasteiger charge is 2.15. The van der Waals surface area contributed by atoms with Gasteiger partial charge in [-0.1, -0.05) is 11.6 Å². The van der Waals surface area contributed by atoms with Crippen LogP contribution in [0.5, 0.6) is 0 Å². The summed E-state index contributed by atoms with van der Waals surface area (Å²) in [5, 5.41) is 10.7. The Morgan fingerprint density at radius 1 is 1.35 bits per heavy atom. The van der Waals surface area contributed by atoms with Crippen molar-refractivity contribution in [3.8, 4) is 11.5 Å². The van der Waals surface area contributed by atoms with Gasteiger partial charge in [-0.25, -0.2) is 4.39 Å². The van der Waals surface area contributed by atoms with Gasteiger partial charge in [0.15, 0.2) is 0 Å². The fraction of sp³-hybridized carbons (Fsp3) is 0.333. The van der Waals surface area contributed by atoms with Gasteiger partial charge in [-0.05, 0) is 33.0 Å². The number of nitrogens with one attached hydrogen (secondary N) is 1. The Balaban J connectivity index is 2.40. The molecule has 1 unspecified atom stereocenters. The highest BCUT2D eigenvalue weighted by Crippen LogP contribution is 2.24. The van der Waals surface area contributed by atoms with E-state index in [4.69, 9.17) is 4.42 Å². The number of hydrogen-bond donors (Lipinski definition) is 1. The second-order valence-electron chi connectivity index (χ2n) is 3.94. The van der Waals surface area contributed by atoms with Gasteiger partial charge in [0.1, 0.15) is 5.82 Å². The van der Waals surface area contributed by atoms with Crippen molar-refractivity contribution >= 4 is 0 Å². The van der Waals surface area contributed by atoms with Crippen molar-refractivity contribution in [3.63, 3.8) is 0 Å². The molecule has 1 aromatic carbocycles. The van der Waals surface area contributed by atoms with E-state index in [9.17, 15) is 4.39 Å². The third-order valence-corrected chi connectivity index (χ3v) is 2.60. The van der Waals surface area contributed by atoms with Crippen molar-refractivity contribution in [2.45, 2.75) is 19.9 Å². The van der Waals surface area contributed by atoms with Gasteiger partial charge in [0.25, 0.3) is 5.89 Å². The molecule has 1 aromatic heterocycles. The highest BCUT2D eigenvalue weighted by molar-refractivity contribution is 5.54. The Kier molecular flexibility index (Phi) is 3.19. The topological polar surface area (TPSA) is 51.0 Å². The zero-order valence-electron chi connectivity index (χ0n) is 9.99. The van der Waals surface area contributed by atoms with Crippen molar-refractivity contribution in [2.75, 3.05) is 7.05 Å². The quantitative estimate of drug-likeness (QED) is 0.887. The average Bonchev–Trinajstić information content (AvgIpc) is 2.80. The molecule has 1 heterocycles. The largest absolute Gasteiger partial charge is 0.419 e. The fourth-order valence-corrected chi connectivity index (χ4v) is 1.44. The molecule has 0 fully saturated rings. The minimum atomic E-state index is -0.358. The molecule has 0 aliphatic rings. The van der Waals surface area contributed by atoms with Crippen molar-refractivity contribution in [1.29, 1.82) is 0 Å². The summed E-state index contributed by atoms with van der Waals surface area (Å²) in [7, 11) is 1.79. The summed E-state index contributed by atoms with van der Waals surface area (Å²) in [5.74, 6) is 0.301. The van der Waals surface area contributed by atoms with Gasteiger partial charge in [0.2, 0.25) is 5.89 Å². The van der Waals surface area contributed by atoms with Crippen LogP contribution in [-0.2, 0) is 0 Å². The first-order valence-electron chi connectivity index (χ1n) is 5.39. The van der Waals surface area contributed by atoms with E-state index < -0.39 is 0 Å². The minimum absolute atomic E-state index is 0.0517. The number of aromatic nitrogens is 2. The van der Waals surface area contributed by atoms with E-state index in [-0.39, 0.29) is 17.7 Å². The van der Waals surface area contributed by atoms with Gasteiger partial charge >= 0.3 is 0 Å². The molecule has 5 heteroatoms. The standard InChI is InChI=1S/C12H14FN3O/c1-7-4-5-10(13)9(6-7)12-16-15-11(17-12)8(2)14-3/h4-6,8,14H,1-3H3. The molecule has 0 bridgehead atoms. The Morgan fingerprint density at radius 3 is 2.82 bits per heavy atom. The summed E-state index contributed by atoms with van der Waals surface area (Å²) in [6.07, 6.45) is 0. The van der Waals surface area contributed by atoms with Gasteiger partial charge in [0.05, 0.1) is 11.6 Å². The fourth-order valence-electron chi connectivity index (χ4n) is 1.44. The van der Waals surface area contributed by atoms with Crippen LogP contribution in [0.15, 0.2) is 22.6 Å². The molecule has 0 spiro atoms. The first-order chi connectivity index (χ1) is 8.11. The van der Waals surface area contributed by atoms with E-state index in [0.29, 0.717) is 11.5 Å². The zero-order chi connectivity index (χ0) is 12.4. The van der Waals surface area contributed by atoms with Gasteiger partial charge in [-0.3, -0.25) is 0 Å². The second kappa shape index (κ2) is 4.63. The monoisotopic (exact) mass is 235 g/mol. The smallest absolute Gasteiger partial charge is 0.250 e. The lowest BCUT2D eigenvalue weighted by atomic mass is 10.1. The van der Waals surface area contributed by atoms with Crippen molar-refractivity contribution in [1.82, 2.24) is 15.5 Å². The molecule has 1 N–H and O–H groups in total. The molecule has 2 aromatic rings. The van der Waals surface area contributed by atoms with Crippen LogP contribution in [0.3, 0.4) is 0 Å². The molecule has 0 aliphatic heterocycles. The zero-order valence-corrected chi connectivity index (χ0v) is 9.99. The molecule has 90 valence electrons. The predicted molar refractivity (Wildman–Crippen MR) is 61.9 cm³/mol. The van der Waals surface area contributed by atoms with Crippen LogP contribution < -0.4 is 5.32 Å². The summed E-state index contributed by atoms with van der Waals surface area (Å²) in [6.45, 7) is 3.78. The first kappa shape index (κ1) is 11.7. The van der Waals surface area contributed by atoms with E-state index in [1.165, 1.54) is 6.07 Å². The number of halogens is 1. The van der Waals surface area contributed by atoms with E-state index in [2.05, 4.69) is 15.5 Å². The molecule has 0 radical (unpaired) electrons. The van der Waals surface area contributed by atoms with Gasteiger partial charge in [0, 0.05) is 0 Å². The Hall–Kier alpha value is -1.75. The number of nitrogens with zero attached hydrogens (tertiary/aromatic N) is 2.